The number of aryl methyl sites for hydroxylation is 1. The van der Waals surface area contributed by atoms with Crippen molar-refractivity contribution in [1.29, 1.82) is 5.26 Å². The zero-order valence-corrected chi connectivity index (χ0v) is 15.8. The van der Waals surface area contributed by atoms with Gasteiger partial charge in [0.1, 0.15) is 11.1 Å². The molecule has 0 bridgehead atoms. The number of aromatic nitrogens is 1. The molecule has 0 atom stereocenters. The van der Waals surface area contributed by atoms with Gasteiger partial charge < -0.3 is 5.32 Å². The molecular weight excluding hydrogens is 354 g/mol. The number of pyridine rings is 1. The number of carbonyl (C=O) groups excluding carboxylic acids is 2. The van der Waals surface area contributed by atoms with Crippen LogP contribution in [0, 0.1) is 18.3 Å². The first-order valence-electron chi connectivity index (χ1n) is 7.44. The number of carbonyl (C=O) groups is 2. The van der Waals surface area contributed by atoms with E-state index in [1.807, 2.05) is 36.6 Å². The zero-order valence-electron chi connectivity index (χ0n) is 14.1. The van der Waals surface area contributed by atoms with Gasteiger partial charge in [0.05, 0.1) is 11.3 Å². The fourth-order valence-corrected chi connectivity index (χ4v) is 3.42. The number of thioether (sulfide) groups is 2. The molecule has 7 heteroatoms. The maximum atomic E-state index is 12.1. The minimum Gasteiger partial charge on any atom is -0.325 e. The Labute approximate surface area is 155 Å². The summed E-state index contributed by atoms with van der Waals surface area (Å²) in [5.74, 6) is -0.184. The van der Waals surface area contributed by atoms with E-state index in [0.717, 1.165) is 10.6 Å². The Bertz CT molecular complexity index is 860. The molecule has 1 heterocycles. The summed E-state index contributed by atoms with van der Waals surface area (Å²) in [6, 6.07) is 11.2. The number of ketones is 1. The zero-order chi connectivity index (χ0) is 18.4. The minimum absolute atomic E-state index is 0.129. The van der Waals surface area contributed by atoms with Gasteiger partial charge in [0.2, 0.25) is 5.91 Å². The smallest absolute Gasteiger partial charge is 0.234 e. The first kappa shape index (κ1) is 19.0. The number of rotatable bonds is 6. The fourth-order valence-electron chi connectivity index (χ4n) is 2.16. The molecule has 1 amide bonds. The van der Waals surface area contributed by atoms with Crippen LogP contribution in [0.2, 0.25) is 0 Å². The van der Waals surface area contributed by atoms with Gasteiger partial charge >= 0.3 is 0 Å². The summed E-state index contributed by atoms with van der Waals surface area (Å²) in [6.45, 7) is 3.16. The molecule has 1 aromatic carbocycles. The van der Waals surface area contributed by atoms with Crippen LogP contribution >= 0.6 is 23.5 Å². The van der Waals surface area contributed by atoms with Crippen LogP contribution in [0.4, 0.5) is 5.69 Å². The number of hydrogen-bond acceptors (Lipinski definition) is 6. The molecule has 0 aliphatic heterocycles. The quantitative estimate of drug-likeness (QED) is 0.612. The summed E-state index contributed by atoms with van der Waals surface area (Å²) in [4.78, 5) is 29.1. The molecule has 25 heavy (non-hydrogen) atoms. The van der Waals surface area contributed by atoms with E-state index in [2.05, 4.69) is 10.3 Å². The number of benzene rings is 1. The van der Waals surface area contributed by atoms with Crippen LogP contribution in [0.15, 0.2) is 40.3 Å². The highest BCUT2D eigenvalue weighted by molar-refractivity contribution is 8.00. The predicted octanol–water partition coefficient (Wildman–Crippen LogP) is 3.92. The molecule has 0 saturated carbocycles. The maximum absolute atomic E-state index is 12.1. The number of nitrogens with one attached hydrogen (secondary N) is 1. The standard InChI is InChI=1S/C18H17N3O2S2/c1-11-16(12(2)22)7-13(9-19)18(20-11)25-10-17(23)21-14-5-4-6-15(8-14)24-3/h4-8H,10H2,1-3H3,(H,21,23). The lowest BCUT2D eigenvalue weighted by molar-refractivity contribution is -0.113. The third-order valence-electron chi connectivity index (χ3n) is 3.37. The van der Waals surface area contributed by atoms with Gasteiger partial charge in [0.15, 0.2) is 5.78 Å². The van der Waals surface area contributed by atoms with Crippen molar-refractivity contribution in [2.45, 2.75) is 23.8 Å². The molecule has 5 nitrogen and oxygen atoms in total. The topological polar surface area (TPSA) is 82.8 Å². The van der Waals surface area contributed by atoms with Gasteiger partial charge in [-0.1, -0.05) is 17.8 Å². The SMILES string of the molecule is CSc1cccc(NC(=O)CSc2nc(C)c(C(C)=O)cc2C#N)c1. The molecule has 0 radical (unpaired) electrons. The third kappa shape index (κ3) is 5.08. The van der Waals surface area contributed by atoms with Crippen molar-refractivity contribution < 1.29 is 9.59 Å². The van der Waals surface area contributed by atoms with Crippen molar-refractivity contribution in [1.82, 2.24) is 4.98 Å². The summed E-state index contributed by atoms with van der Waals surface area (Å²) in [5.41, 5.74) is 2.02. The monoisotopic (exact) mass is 371 g/mol. The van der Waals surface area contributed by atoms with Crippen LogP contribution in [-0.4, -0.2) is 28.7 Å². The molecule has 128 valence electrons. The van der Waals surface area contributed by atoms with Crippen molar-refractivity contribution in [3.63, 3.8) is 0 Å². The van der Waals surface area contributed by atoms with E-state index >= 15 is 0 Å². The van der Waals surface area contributed by atoms with E-state index in [0.29, 0.717) is 21.8 Å². The van der Waals surface area contributed by atoms with Crippen molar-refractivity contribution in [2.24, 2.45) is 0 Å². The van der Waals surface area contributed by atoms with Crippen LogP contribution in [0.3, 0.4) is 0 Å². The van der Waals surface area contributed by atoms with E-state index in [-0.39, 0.29) is 17.4 Å². The number of Topliss-reactive ketones (excluding diaryl/α,β-unsaturated/α-hetero) is 1. The van der Waals surface area contributed by atoms with Crippen LogP contribution < -0.4 is 5.32 Å². The number of amides is 1. The lowest BCUT2D eigenvalue weighted by Gasteiger charge is -2.09. The largest absolute Gasteiger partial charge is 0.325 e. The number of nitriles is 1. The second-order valence-corrected chi connectivity index (χ2v) is 7.05. The highest BCUT2D eigenvalue weighted by Crippen LogP contribution is 2.24. The first-order chi connectivity index (χ1) is 11.9. The Morgan fingerprint density at radius 2 is 2.08 bits per heavy atom. The average molecular weight is 371 g/mol. The summed E-state index contributed by atoms with van der Waals surface area (Å²) >= 11 is 2.78. The predicted molar refractivity (Wildman–Crippen MR) is 101 cm³/mol. The summed E-state index contributed by atoms with van der Waals surface area (Å²) in [6.07, 6.45) is 1.97. The van der Waals surface area contributed by atoms with Crippen molar-refractivity contribution in [3.8, 4) is 6.07 Å². The van der Waals surface area contributed by atoms with Crippen molar-refractivity contribution >= 4 is 40.9 Å². The Balaban J connectivity index is 2.07. The molecule has 1 aromatic heterocycles. The highest BCUT2D eigenvalue weighted by Gasteiger charge is 2.14. The normalized spacial score (nSPS) is 10.2. The van der Waals surface area contributed by atoms with Gasteiger partial charge in [-0.3, -0.25) is 9.59 Å². The molecule has 2 aromatic rings. The van der Waals surface area contributed by atoms with Crippen LogP contribution in [-0.2, 0) is 4.79 Å². The maximum Gasteiger partial charge on any atom is 0.234 e. The summed E-state index contributed by atoms with van der Waals surface area (Å²) in [5, 5.41) is 12.5. The second-order valence-electron chi connectivity index (χ2n) is 5.21. The molecule has 0 aliphatic carbocycles. The number of hydrogen-bond donors (Lipinski definition) is 1. The number of anilines is 1. The lowest BCUT2D eigenvalue weighted by atomic mass is 10.1. The van der Waals surface area contributed by atoms with Gasteiger partial charge in [-0.25, -0.2) is 4.98 Å². The van der Waals surface area contributed by atoms with E-state index in [4.69, 9.17) is 0 Å². The third-order valence-corrected chi connectivity index (χ3v) is 5.09. The van der Waals surface area contributed by atoms with Gasteiger partial charge in [-0.05, 0) is 44.4 Å². The Kier molecular flexibility index (Phi) is 6.62. The van der Waals surface area contributed by atoms with Crippen LogP contribution in [0.5, 0.6) is 0 Å². The molecule has 1 N–H and O–H groups in total. The summed E-state index contributed by atoms with van der Waals surface area (Å²) < 4.78 is 0. The number of nitrogens with zero attached hydrogens (tertiary/aromatic N) is 2. The van der Waals surface area contributed by atoms with Crippen LogP contribution in [0.25, 0.3) is 0 Å². The lowest BCUT2D eigenvalue weighted by Crippen LogP contribution is -2.14. The summed E-state index contributed by atoms with van der Waals surface area (Å²) in [7, 11) is 0. The van der Waals surface area contributed by atoms with Gasteiger partial charge in [-0.15, -0.1) is 11.8 Å². The van der Waals surface area contributed by atoms with E-state index in [1.54, 1.807) is 18.7 Å². The molecule has 0 fully saturated rings. The molecule has 2 rings (SSSR count). The molecule has 0 unspecified atom stereocenters. The van der Waals surface area contributed by atoms with Gasteiger partial charge in [-0.2, -0.15) is 5.26 Å². The van der Waals surface area contributed by atoms with E-state index < -0.39 is 0 Å². The Hall–Kier alpha value is -2.30. The molecule has 0 aliphatic rings. The van der Waals surface area contributed by atoms with Gasteiger partial charge in [0.25, 0.3) is 0 Å². The van der Waals surface area contributed by atoms with E-state index in [9.17, 15) is 14.9 Å². The minimum atomic E-state index is -0.178. The Morgan fingerprint density at radius 3 is 2.72 bits per heavy atom. The highest BCUT2D eigenvalue weighted by atomic mass is 32.2. The van der Waals surface area contributed by atoms with Gasteiger partial charge in [0, 0.05) is 21.8 Å². The first-order valence-corrected chi connectivity index (χ1v) is 9.65. The molecule has 0 spiro atoms. The van der Waals surface area contributed by atoms with Crippen LogP contribution in [0.1, 0.15) is 28.5 Å². The van der Waals surface area contributed by atoms with Crippen molar-refractivity contribution in [2.75, 3.05) is 17.3 Å². The molecular formula is C18H17N3O2S2. The van der Waals surface area contributed by atoms with Crippen molar-refractivity contribution in [3.05, 3.63) is 47.2 Å². The van der Waals surface area contributed by atoms with E-state index in [1.165, 1.54) is 24.8 Å². The second kappa shape index (κ2) is 8.70. The average Bonchev–Trinajstić information content (AvgIpc) is 2.59. The fraction of sp³-hybridized carbons (Fsp3) is 0.222. The Morgan fingerprint density at radius 1 is 1.32 bits per heavy atom. The molecule has 0 saturated heterocycles.